The first-order valence-electron chi connectivity index (χ1n) is 11.4. The lowest BCUT2D eigenvalue weighted by Gasteiger charge is -2.27. The lowest BCUT2D eigenvalue weighted by Crippen LogP contribution is -2.38. The van der Waals surface area contributed by atoms with Crippen molar-refractivity contribution in [3.05, 3.63) is 83.8 Å². The molecule has 202 valence electrons. The largest absolute Gasteiger partial charge is 0.573 e. The number of nitrogens with zero attached hydrogens (tertiary/aromatic N) is 3. The lowest BCUT2D eigenvalue weighted by atomic mass is 10.0. The van der Waals surface area contributed by atoms with Crippen LogP contribution in [0.2, 0.25) is 0 Å². The zero-order chi connectivity index (χ0) is 27.3. The van der Waals surface area contributed by atoms with Gasteiger partial charge in [-0.05, 0) is 48.0 Å². The number of alkyl halides is 3. The van der Waals surface area contributed by atoms with Crippen LogP contribution in [0.4, 0.5) is 17.6 Å². The molecule has 4 rings (SSSR count). The lowest BCUT2D eigenvalue weighted by molar-refractivity contribution is -0.274. The maximum Gasteiger partial charge on any atom is 0.573 e. The number of aromatic nitrogens is 1. The van der Waals surface area contributed by atoms with E-state index in [1.807, 2.05) is 0 Å². The van der Waals surface area contributed by atoms with E-state index in [1.165, 1.54) is 23.5 Å². The summed E-state index contributed by atoms with van der Waals surface area (Å²) in [6.45, 7) is 0.216. The first kappa shape index (κ1) is 27.3. The molecule has 2 heterocycles. The van der Waals surface area contributed by atoms with E-state index in [1.54, 1.807) is 30.5 Å². The number of pyridine rings is 1. The number of sulfonamides is 1. The fourth-order valence-electron chi connectivity index (χ4n) is 3.78. The topological polar surface area (TPSA) is 90.3 Å². The predicted octanol–water partition coefficient (Wildman–Crippen LogP) is 5.07. The van der Waals surface area contributed by atoms with Crippen molar-refractivity contribution >= 4 is 15.7 Å². The SMILES string of the molecule is COc1ccc(C(ON=C2CCN(S(=O)(=O)c3ccc(OC(F)(F)F)cc3)CC2)c2ccc(F)cc2)cn1. The van der Waals surface area contributed by atoms with E-state index >= 15 is 0 Å². The van der Waals surface area contributed by atoms with Gasteiger partial charge in [0.05, 0.1) is 17.7 Å². The maximum atomic E-state index is 13.5. The second-order valence-corrected chi connectivity index (χ2v) is 10.2. The van der Waals surface area contributed by atoms with Crippen LogP contribution in [0.15, 0.2) is 76.9 Å². The third-order valence-corrected chi connectivity index (χ3v) is 7.64. The fraction of sp³-hybridized carbons (Fsp3) is 0.280. The molecule has 1 fully saturated rings. The number of hydrogen-bond donors (Lipinski definition) is 0. The van der Waals surface area contributed by atoms with Gasteiger partial charge in [-0.1, -0.05) is 17.3 Å². The number of oxime groups is 1. The van der Waals surface area contributed by atoms with Gasteiger partial charge >= 0.3 is 6.36 Å². The summed E-state index contributed by atoms with van der Waals surface area (Å²) in [4.78, 5) is 9.87. The Bertz CT molecular complexity index is 1350. The van der Waals surface area contributed by atoms with Crippen molar-refractivity contribution in [2.75, 3.05) is 20.2 Å². The van der Waals surface area contributed by atoms with Crippen LogP contribution in [-0.4, -0.2) is 50.0 Å². The van der Waals surface area contributed by atoms with E-state index in [4.69, 9.17) is 9.57 Å². The number of halogens is 4. The molecule has 0 amide bonds. The van der Waals surface area contributed by atoms with Crippen LogP contribution in [0.1, 0.15) is 30.1 Å². The van der Waals surface area contributed by atoms with Gasteiger partial charge < -0.3 is 14.3 Å². The first-order chi connectivity index (χ1) is 18.0. The van der Waals surface area contributed by atoms with E-state index in [0.717, 1.165) is 24.3 Å². The van der Waals surface area contributed by atoms with Crippen molar-refractivity contribution in [2.24, 2.45) is 5.16 Å². The first-order valence-corrected chi connectivity index (χ1v) is 12.8. The van der Waals surface area contributed by atoms with Gasteiger partial charge in [0.2, 0.25) is 15.9 Å². The summed E-state index contributed by atoms with van der Waals surface area (Å²) < 4.78 is 86.6. The van der Waals surface area contributed by atoms with Crippen LogP contribution in [0.3, 0.4) is 0 Å². The quantitative estimate of drug-likeness (QED) is 0.286. The molecule has 1 atom stereocenters. The average molecular weight is 554 g/mol. The Morgan fingerprint density at radius 1 is 0.947 bits per heavy atom. The zero-order valence-electron chi connectivity index (χ0n) is 20.1. The van der Waals surface area contributed by atoms with Gasteiger partial charge in [0.25, 0.3) is 0 Å². The van der Waals surface area contributed by atoms with Crippen molar-refractivity contribution in [2.45, 2.75) is 30.2 Å². The Hall–Kier alpha value is -3.71. The van der Waals surface area contributed by atoms with Gasteiger partial charge in [0, 0.05) is 43.8 Å². The molecule has 0 aliphatic carbocycles. The van der Waals surface area contributed by atoms with E-state index in [2.05, 4.69) is 14.9 Å². The van der Waals surface area contributed by atoms with Gasteiger partial charge in [-0.2, -0.15) is 4.31 Å². The number of rotatable bonds is 8. The molecular weight excluding hydrogens is 530 g/mol. The van der Waals surface area contributed by atoms with Gasteiger partial charge in [0.1, 0.15) is 11.6 Å². The molecule has 3 aromatic rings. The molecule has 1 aliphatic rings. The number of ether oxygens (including phenoxy) is 2. The smallest absolute Gasteiger partial charge is 0.481 e. The van der Waals surface area contributed by atoms with Crippen LogP contribution >= 0.6 is 0 Å². The highest BCUT2D eigenvalue weighted by Gasteiger charge is 2.32. The molecule has 0 bridgehead atoms. The average Bonchev–Trinajstić information content (AvgIpc) is 2.90. The number of piperidine rings is 1. The summed E-state index contributed by atoms with van der Waals surface area (Å²) in [6.07, 6.45) is -3.43. The molecule has 1 aliphatic heterocycles. The molecule has 0 radical (unpaired) electrons. The Morgan fingerprint density at radius 2 is 1.58 bits per heavy atom. The molecule has 1 unspecified atom stereocenters. The molecule has 2 aromatic carbocycles. The van der Waals surface area contributed by atoms with Crippen molar-refractivity contribution in [3.63, 3.8) is 0 Å². The van der Waals surface area contributed by atoms with Crippen LogP contribution < -0.4 is 9.47 Å². The molecule has 0 saturated carbocycles. The van der Waals surface area contributed by atoms with Crippen molar-refractivity contribution in [1.82, 2.24) is 9.29 Å². The Labute approximate surface area is 216 Å². The van der Waals surface area contributed by atoms with Crippen LogP contribution in [0.25, 0.3) is 0 Å². The molecule has 13 heteroatoms. The predicted molar refractivity (Wildman–Crippen MR) is 129 cm³/mol. The van der Waals surface area contributed by atoms with Crippen LogP contribution in [0, 0.1) is 5.82 Å². The van der Waals surface area contributed by atoms with E-state index < -0.39 is 34.1 Å². The summed E-state index contributed by atoms with van der Waals surface area (Å²) in [5, 5.41) is 4.26. The summed E-state index contributed by atoms with van der Waals surface area (Å²) in [5.74, 6) is -0.499. The maximum absolute atomic E-state index is 13.5. The van der Waals surface area contributed by atoms with Gasteiger partial charge in [-0.15, -0.1) is 13.2 Å². The monoisotopic (exact) mass is 553 g/mol. The third-order valence-electron chi connectivity index (χ3n) is 5.73. The fourth-order valence-corrected chi connectivity index (χ4v) is 5.23. The summed E-state index contributed by atoms with van der Waals surface area (Å²) in [5.41, 5.74) is 1.92. The highest BCUT2D eigenvalue weighted by atomic mass is 32.2. The Kier molecular flexibility index (Phi) is 8.17. The molecule has 1 saturated heterocycles. The Balaban J connectivity index is 1.44. The zero-order valence-corrected chi connectivity index (χ0v) is 20.9. The second kappa shape index (κ2) is 11.4. The van der Waals surface area contributed by atoms with Crippen LogP contribution in [0.5, 0.6) is 11.6 Å². The van der Waals surface area contributed by atoms with Crippen molar-refractivity contribution < 1.29 is 40.3 Å². The third kappa shape index (κ3) is 6.78. The minimum atomic E-state index is -4.87. The number of hydrogen-bond acceptors (Lipinski definition) is 7. The second-order valence-electron chi connectivity index (χ2n) is 8.25. The highest BCUT2D eigenvalue weighted by molar-refractivity contribution is 7.89. The molecule has 1 aromatic heterocycles. The molecule has 0 N–H and O–H groups in total. The summed E-state index contributed by atoms with van der Waals surface area (Å²) in [6, 6.07) is 13.2. The van der Waals surface area contributed by atoms with Gasteiger partial charge in [-0.3, -0.25) is 0 Å². The van der Waals surface area contributed by atoms with E-state index in [9.17, 15) is 26.0 Å². The van der Waals surface area contributed by atoms with E-state index in [0.29, 0.717) is 22.7 Å². The summed E-state index contributed by atoms with van der Waals surface area (Å²) in [7, 11) is -2.44. The number of methoxy groups -OCH3 is 1. The molecule has 38 heavy (non-hydrogen) atoms. The van der Waals surface area contributed by atoms with E-state index in [-0.39, 0.29) is 30.8 Å². The standard InChI is InChI=1S/C25H23F4N3O5S/c1-35-23-11-4-18(16-30-23)24(17-2-5-19(26)6-3-17)37-31-20-12-14-32(15-13-20)38(33,34)22-9-7-21(8-10-22)36-25(27,28)29/h2-11,16,24H,12-15H2,1H3. The van der Waals surface area contributed by atoms with Gasteiger partial charge in [0.15, 0.2) is 6.10 Å². The minimum Gasteiger partial charge on any atom is -0.481 e. The van der Waals surface area contributed by atoms with Crippen molar-refractivity contribution in [3.8, 4) is 11.6 Å². The molecule has 0 spiro atoms. The van der Waals surface area contributed by atoms with Gasteiger partial charge in [-0.25, -0.2) is 17.8 Å². The summed E-state index contributed by atoms with van der Waals surface area (Å²) >= 11 is 0. The molecule has 8 nitrogen and oxygen atoms in total. The van der Waals surface area contributed by atoms with Crippen LogP contribution in [-0.2, 0) is 14.9 Å². The van der Waals surface area contributed by atoms with Crippen molar-refractivity contribution in [1.29, 1.82) is 0 Å². The normalized spacial score (nSPS) is 15.6. The number of benzene rings is 2. The Morgan fingerprint density at radius 3 is 2.13 bits per heavy atom. The molecular formula is C25H23F4N3O5S. The highest BCUT2D eigenvalue weighted by Crippen LogP contribution is 2.29. The minimum absolute atomic E-state index is 0.108.